The third kappa shape index (κ3) is 2.86. The summed E-state index contributed by atoms with van der Waals surface area (Å²) in [5.41, 5.74) is 0. The summed E-state index contributed by atoms with van der Waals surface area (Å²) in [4.78, 5) is 0. The summed E-state index contributed by atoms with van der Waals surface area (Å²) in [5.74, 6) is 9.76. The third-order valence-corrected chi connectivity index (χ3v) is 8.34. The van der Waals surface area contributed by atoms with Gasteiger partial charge in [-0.15, -0.1) is 0 Å². The topological polar surface area (TPSA) is 13.1 Å². The lowest BCUT2D eigenvalue weighted by Gasteiger charge is -2.36. The van der Waals surface area contributed by atoms with E-state index in [1.165, 1.54) is 50.7 Å². The van der Waals surface area contributed by atoms with E-state index in [1.54, 1.807) is 0 Å². The zero-order valence-electron chi connectivity index (χ0n) is 16.1. The molecule has 0 radical (unpaired) electrons. The summed E-state index contributed by atoms with van der Waals surface area (Å²) in [7, 11) is 0. The molecule has 0 N–H and O–H groups in total. The lowest BCUT2D eigenvalue weighted by atomic mass is 9.68. The molecule has 0 saturated heterocycles. The van der Waals surface area contributed by atoms with Gasteiger partial charge in [-0.05, 0) is 99.0 Å². The van der Waals surface area contributed by atoms with Crippen LogP contribution in [0.1, 0.15) is 83.2 Å². The minimum atomic E-state index is 0.708. The molecule has 1 heterocycles. The van der Waals surface area contributed by atoms with Crippen molar-refractivity contribution < 1.29 is 4.42 Å². The molecule has 1 aromatic heterocycles. The van der Waals surface area contributed by atoms with Gasteiger partial charge in [-0.1, -0.05) is 27.2 Å². The summed E-state index contributed by atoms with van der Waals surface area (Å²) in [6.45, 7) is 9.62. The molecule has 0 bridgehead atoms. The maximum Gasteiger partial charge on any atom is 0.107 e. The van der Waals surface area contributed by atoms with Crippen LogP contribution in [0.5, 0.6) is 0 Å². The van der Waals surface area contributed by atoms with Crippen LogP contribution in [-0.2, 0) is 0 Å². The molecule has 0 amide bonds. The highest BCUT2D eigenvalue weighted by Crippen LogP contribution is 2.56. The van der Waals surface area contributed by atoms with Gasteiger partial charge in [0.05, 0.1) is 0 Å². The van der Waals surface area contributed by atoms with Crippen LogP contribution in [-0.4, -0.2) is 0 Å². The maximum atomic E-state index is 6.05. The second-order valence-electron chi connectivity index (χ2n) is 9.60. The molecule has 1 nitrogen and oxygen atoms in total. The predicted molar refractivity (Wildman–Crippen MR) is 100.0 cm³/mol. The van der Waals surface area contributed by atoms with E-state index in [4.69, 9.17) is 4.42 Å². The van der Waals surface area contributed by atoms with Crippen LogP contribution in [0.4, 0.5) is 0 Å². The van der Waals surface area contributed by atoms with Gasteiger partial charge in [0.15, 0.2) is 0 Å². The highest BCUT2D eigenvalue weighted by molar-refractivity contribution is 5.14. The Morgan fingerprint density at radius 1 is 0.958 bits per heavy atom. The second-order valence-corrected chi connectivity index (χ2v) is 9.60. The lowest BCUT2D eigenvalue weighted by Crippen LogP contribution is -2.27. The monoisotopic (exact) mass is 328 g/mol. The first-order chi connectivity index (χ1) is 11.5. The van der Waals surface area contributed by atoms with Crippen molar-refractivity contribution >= 4 is 0 Å². The van der Waals surface area contributed by atoms with Crippen molar-refractivity contribution in [3.8, 4) is 0 Å². The molecule has 3 aliphatic carbocycles. The average molecular weight is 329 g/mol. The second kappa shape index (κ2) is 6.54. The predicted octanol–water partition coefficient (Wildman–Crippen LogP) is 6.82. The maximum absolute atomic E-state index is 6.05. The van der Waals surface area contributed by atoms with Crippen molar-refractivity contribution in [3.05, 3.63) is 23.7 Å². The van der Waals surface area contributed by atoms with Crippen LogP contribution >= 0.6 is 0 Å². The van der Waals surface area contributed by atoms with Crippen LogP contribution in [0.2, 0.25) is 0 Å². The molecule has 24 heavy (non-hydrogen) atoms. The molecule has 1 heteroatoms. The zero-order chi connectivity index (χ0) is 16.8. The van der Waals surface area contributed by atoms with E-state index >= 15 is 0 Å². The molecule has 4 rings (SSSR count). The largest absolute Gasteiger partial charge is 0.466 e. The standard InChI is InChI=1S/C23H36O/c1-14-12-15(2)22(17(14)4)13-18-9-10-20-19(18)6-5-7-21(20)23-11-8-16(3)24-23/h8,11,14-15,17-22H,5-7,9-10,12-13H2,1-4H3. The summed E-state index contributed by atoms with van der Waals surface area (Å²) in [6.07, 6.45) is 10.2. The molecular weight excluding hydrogens is 292 g/mol. The van der Waals surface area contributed by atoms with Crippen LogP contribution in [0.25, 0.3) is 0 Å². The van der Waals surface area contributed by atoms with Crippen LogP contribution < -0.4 is 0 Å². The van der Waals surface area contributed by atoms with Crippen molar-refractivity contribution in [2.75, 3.05) is 0 Å². The molecule has 3 aliphatic rings. The van der Waals surface area contributed by atoms with Gasteiger partial charge in [0.1, 0.15) is 11.5 Å². The van der Waals surface area contributed by atoms with E-state index in [0.29, 0.717) is 5.92 Å². The van der Waals surface area contributed by atoms with E-state index in [1.807, 2.05) is 0 Å². The quantitative estimate of drug-likeness (QED) is 0.593. The molecule has 3 saturated carbocycles. The fourth-order valence-electron chi connectivity index (χ4n) is 6.93. The van der Waals surface area contributed by atoms with Gasteiger partial charge in [-0.3, -0.25) is 0 Å². The number of furan rings is 1. The van der Waals surface area contributed by atoms with Crippen molar-refractivity contribution in [1.82, 2.24) is 0 Å². The smallest absolute Gasteiger partial charge is 0.107 e. The molecule has 0 aromatic carbocycles. The minimum absolute atomic E-state index is 0.708. The van der Waals surface area contributed by atoms with E-state index in [2.05, 4.69) is 39.8 Å². The number of hydrogen-bond acceptors (Lipinski definition) is 1. The van der Waals surface area contributed by atoms with Gasteiger partial charge >= 0.3 is 0 Å². The Morgan fingerprint density at radius 3 is 2.46 bits per heavy atom. The van der Waals surface area contributed by atoms with Crippen molar-refractivity contribution in [1.29, 1.82) is 0 Å². The Labute approximate surface area is 148 Å². The van der Waals surface area contributed by atoms with Crippen molar-refractivity contribution in [2.45, 2.75) is 78.6 Å². The van der Waals surface area contributed by atoms with E-state index in [-0.39, 0.29) is 0 Å². The first kappa shape index (κ1) is 16.7. The Kier molecular flexibility index (Phi) is 4.56. The van der Waals surface area contributed by atoms with Gasteiger partial charge in [0.25, 0.3) is 0 Å². The Morgan fingerprint density at radius 2 is 1.79 bits per heavy atom. The molecule has 134 valence electrons. The highest BCUT2D eigenvalue weighted by Gasteiger charge is 2.46. The molecule has 0 aliphatic heterocycles. The lowest BCUT2D eigenvalue weighted by molar-refractivity contribution is 0.151. The fourth-order valence-corrected chi connectivity index (χ4v) is 6.93. The number of aryl methyl sites for hydroxylation is 1. The molecule has 1 aromatic rings. The average Bonchev–Trinajstić information content (AvgIpc) is 3.23. The number of hydrogen-bond donors (Lipinski definition) is 0. The molecule has 8 atom stereocenters. The molecule has 3 fully saturated rings. The van der Waals surface area contributed by atoms with E-state index in [0.717, 1.165) is 47.2 Å². The minimum Gasteiger partial charge on any atom is -0.466 e. The number of fused-ring (bicyclic) bond motifs is 1. The summed E-state index contributed by atoms with van der Waals surface area (Å²) in [5, 5.41) is 0. The highest BCUT2D eigenvalue weighted by atomic mass is 16.3. The van der Waals surface area contributed by atoms with Crippen molar-refractivity contribution in [3.63, 3.8) is 0 Å². The molecule has 8 unspecified atom stereocenters. The van der Waals surface area contributed by atoms with Gasteiger partial charge in [-0.2, -0.15) is 0 Å². The van der Waals surface area contributed by atoms with Gasteiger partial charge in [0, 0.05) is 5.92 Å². The summed E-state index contributed by atoms with van der Waals surface area (Å²) >= 11 is 0. The zero-order valence-corrected chi connectivity index (χ0v) is 16.1. The number of rotatable bonds is 3. The Hall–Kier alpha value is -0.720. The summed E-state index contributed by atoms with van der Waals surface area (Å²) in [6, 6.07) is 4.42. The molecular formula is C23H36O. The first-order valence-electron chi connectivity index (χ1n) is 10.6. The Bertz CT molecular complexity index is 558. The van der Waals surface area contributed by atoms with Gasteiger partial charge in [0.2, 0.25) is 0 Å². The van der Waals surface area contributed by atoms with E-state index < -0.39 is 0 Å². The van der Waals surface area contributed by atoms with Gasteiger partial charge in [-0.25, -0.2) is 0 Å². The van der Waals surface area contributed by atoms with E-state index in [9.17, 15) is 0 Å². The first-order valence-corrected chi connectivity index (χ1v) is 10.6. The fraction of sp³-hybridized carbons (Fsp3) is 0.826. The SMILES string of the molecule is Cc1ccc(C2CCCC3C(CC4C(C)CC(C)C4C)CCC23)o1. The molecule has 0 spiro atoms. The van der Waals surface area contributed by atoms with Crippen LogP contribution in [0.3, 0.4) is 0 Å². The Balaban J connectivity index is 1.46. The van der Waals surface area contributed by atoms with Crippen molar-refractivity contribution in [2.24, 2.45) is 41.4 Å². The normalized spacial score (nSPS) is 45.5. The summed E-state index contributed by atoms with van der Waals surface area (Å²) < 4.78 is 6.05. The van der Waals surface area contributed by atoms with Crippen LogP contribution in [0, 0.1) is 48.3 Å². The van der Waals surface area contributed by atoms with Crippen LogP contribution in [0.15, 0.2) is 16.5 Å². The van der Waals surface area contributed by atoms with Gasteiger partial charge < -0.3 is 4.42 Å². The third-order valence-electron chi connectivity index (χ3n) is 8.34.